The molecule has 6 rings (SSSR count). The number of benzene rings is 4. The van der Waals surface area contributed by atoms with Crippen LogP contribution in [0.1, 0.15) is 47.3 Å². The van der Waals surface area contributed by atoms with Crippen LogP contribution < -0.4 is 10.1 Å². The summed E-state index contributed by atoms with van der Waals surface area (Å²) in [5, 5.41) is 14.5. The summed E-state index contributed by atoms with van der Waals surface area (Å²) in [5.41, 5.74) is 2.63. The van der Waals surface area contributed by atoms with Gasteiger partial charge in [0.1, 0.15) is 18.1 Å². The minimum absolute atomic E-state index is 0.0366. The van der Waals surface area contributed by atoms with Crippen LogP contribution in [0.3, 0.4) is 0 Å². The van der Waals surface area contributed by atoms with E-state index in [9.17, 15) is 27.7 Å². The molecule has 5 atom stereocenters. The normalized spacial score (nSPS) is 19.0. The lowest BCUT2D eigenvalue weighted by molar-refractivity contribution is -0.0907. The van der Waals surface area contributed by atoms with Gasteiger partial charge in [0.2, 0.25) is 10.0 Å². The molecule has 4 aromatic carbocycles. The number of hydrogen-bond donors (Lipinski definition) is 2. The van der Waals surface area contributed by atoms with Crippen LogP contribution in [0.15, 0.2) is 114 Å². The Morgan fingerprint density at radius 1 is 0.881 bits per heavy atom. The highest BCUT2D eigenvalue weighted by atomic mass is 32.2. The van der Waals surface area contributed by atoms with Crippen LogP contribution >= 0.6 is 7.60 Å². The van der Waals surface area contributed by atoms with E-state index in [1.54, 1.807) is 24.3 Å². The molecule has 0 spiro atoms. The molecule has 0 radical (unpaired) electrons. The van der Waals surface area contributed by atoms with Crippen molar-refractivity contribution in [3.05, 3.63) is 131 Å². The van der Waals surface area contributed by atoms with Gasteiger partial charge in [0.25, 0.3) is 0 Å². The summed E-state index contributed by atoms with van der Waals surface area (Å²) in [6, 6.07) is 29.9. The molecule has 0 aromatic heterocycles. The van der Waals surface area contributed by atoms with Gasteiger partial charge < -0.3 is 38.4 Å². The fourth-order valence-electron chi connectivity index (χ4n) is 6.77. The van der Waals surface area contributed by atoms with Gasteiger partial charge in [0.05, 0.1) is 49.4 Å². The monoisotopic (exact) mass is 850 g/mol. The van der Waals surface area contributed by atoms with Crippen molar-refractivity contribution in [2.24, 2.45) is 11.8 Å². The molecule has 1 amide bonds. The predicted octanol–water partition coefficient (Wildman–Crippen LogP) is 6.57. The molecule has 0 bridgehead atoms. The molecule has 2 N–H and O–H groups in total. The molecule has 2 aliphatic rings. The lowest BCUT2D eigenvalue weighted by atomic mass is 10.0. The van der Waals surface area contributed by atoms with E-state index >= 15 is 0 Å². The number of alkyl carbamates (subject to hydrolysis) is 1. The first-order chi connectivity index (χ1) is 28.4. The second-order valence-corrected chi connectivity index (χ2v) is 18.9. The number of amides is 1. The zero-order valence-corrected chi connectivity index (χ0v) is 34.7. The van der Waals surface area contributed by atoms with Gasteiger partial charge in [0.15, 0.2) is 12.6 Å². The van der Waals surface area contributed by atoms with Crippen LogP contribution in [-0.2, 0) is 57.5 Å². The molecule has 2 aliphatic heterocycles. The molecule has 2 fully saturated rings. The summed E-state index contributed by atoms with van der Waals surface area (Å²) in [7, 11) is -7.89. The number of nitrogens with zero attached hydrogens (tertiary/aromatic N) is 1. The topological polar surface area (TPSA) is 176 Å². The summed E-state index contributed by atoms with van der Waals surface area (Å²) in [6.07, 6.45) is -2.16. The largest absolute Gasteiger partial charge is 0.481 e. The van der Waals surface area contributed by atoms with Crippen molar-refractivity contribution in [2.75, 3.05) is 32.7 Å². The van der Waals surface area contributed by atoms with E-state index < -0.39 is 48.3 Å². The number of ether oxygens (including phenoxy) is 4. The molecule has 14 nitrogen and oxygen atoms in total. The lowest BCUT2D eigenvalue weighted by Crippen LogP contribution is -2.51. The van der Waals surface area contributed by atoms with Crippen LogP contribution in [0.2, 0.25) is 0 Å². The third-order valence-corrected chi connectivity index (χ3v) is 13.3. The summed E-state index contributed by atoms with van der Waals surface area (Å²) < 4.78 is 77.4. The molecule has 59 heavy (non-hydrogen) atoms. The van der Waals surface area contributed by atoms with Crippen molar-refractivity contribution < 1.29 is 55.7 Å². The van der Waals surface area contributed by atoms with Crippen LogP contribution in [0, 0.1) is 11.8 Å². The number of aliphatic hydroxyl groups is 1. The smallest absolute Gasteiger partial charge is 0.407 e. The number of carbonyl (C=O) groups excluding carboxylic acids is 2. The van der Waals surface area contributed by atoms with Gasteiger partial charge in [0, 0.05) is 18.7 Å². The van der Waals surface area contributed by atoms with Gasteiger partial charge in [-0.15, -0.1) is 0 Å². The van der Waals surface area contributed by atoms with Crippen molar-refractivity contribution in [3.63, 3.8) is 0 Å². The average Bonchev–Trinajstić information content (AvgIpc) is 3.87. The van der Waals surface area contributed by atoms with Crippen LogP contribution in [0.25, 0.3) is 0 Å². The molecule has 16 heteroatoms. The van der Waals surface area contributed by atoms with E-state index in [4.69, 9.17) is 28.0 Å². The number of sulfonamides is 1. The molecular weight excluding hydrogens is 800 g/mol. The number of aldehydes is 1. The second kappa shape index (κ2) is 20.7. The third kappa shape index (κ3) is 12.5. The maximum atomic E-state index is 13.9. The highest BCUT2D eigenvalue weighted by Crippen LogP contribution is 2.50. The molecular formula is C43H51N2O12PS. The number of rotatable bonds is 21. The zero-order chi connectivity index (χ0) is 41.8. The lowest BCUT2D eigenvalue weighted by Gasteiger charge is -2.31. The minimum Gasteiger partial charge on any atom is -0.481 e. The Kier molecular flexibility index (Phi) is 15.5. The van der Waals surface area contributed by atoms with Crippen molar-refractivity contribution in [1.82, 2.24) is 9.62 Å². The molecule has 4 aromatic rings. The maximum Gasteiger partial charge on any atom is 0.407 e. The van der Waals surface area contributed by atoms with Gasteiger partial charge in [-0.2, -0.15) is 4.31 Å². The molecule has 2 heterocycles. The first-order valence-corrected chi connectivity index (χ1v) is 22.7. The standard InChI is InChI=1S/C43H51N2O12PS/c1-31(2)24-45(59(50,51)37-19-15-33(26-46)16-20-37)25-40(47)39(44-43(48)57-41-29-53-42-38(41)21-22-52-42)23-32-13-17-36(18-14-32)54-30-58(49,55-27-34-9-5-3-6-10-34)56-28-35-11-7-4-8-12-35/h3-20,26,31,38-42,47H,21-25,27-30H2,1-2H3,(H,44,48)/t38-,39-,40+,41?,42+/m0/s1. The molecule has 1 unspecified atom stereocenters. The van der Waals surface area contributed by atoms with E-state index in [-0.39, 0.29) is 62.4 Å². The van der Waals surface area contributed by atoms with Crippen LogP contribution in [0.5, 0.6) is 5.75 Å². The molecule has 0 saturated carbocycles. The summed E-state index contributed by atoms with van der Waals surface area (Å²) in [6.45, 7) is 4.21. The number of aliphatic hydroxyl groups excluding tert-OH is 1. The number of fused-ring (bicyclic) bond motifs is 1. The Morgan fingerprint density at radius 2 is 1.51 bits per heavy atom. The van der Waals surface area contributed by atoms with Crippen molar-refractivity contribution in [3.8, 4) is 5.75 Å². The highest BCUT2D eigenvalue weighted by Gasteiger charge is 2.44. The van der Waals surface area contributed by atoms with Gasteiger partial charge >= 0.3 is 13.7 Å². The fourth-order valence-corrected chi connectivity index (χ4v) is 9.61. The van der Waals surface area contributed by atoms with E-state index in [2.05, 4.69) is 5.32 Å². The van der Waals surface area contributed by atoms with Crippen LogP contribution in [0.4, 0.5) is 4.79 Å². The zero-order valence-electron chi connectivity index (χ0n) is 33.0. The third-order valence-electron chi connectivity index (χ3n) is 9.93. The van der Waals surface area contributed by atoms with E-state index in [0.717, 1.165) is 11.1 Å². The molecule has 2 saturated heterocycles. The summed E-state index contributed by atoms with van der Waals surface area (Å²) >= 11 is 0. The average molecular weight is 851 g/mol. The fraction of sp³-hybridized carbons (Fsp3) is 0.395. The molecule has 316 valence electrons. The first kappa shape index (κ1) is 44.1. The van der Waals surface area contributed by atoms with Crippen LogP contribution in [-0.4, -0.2) is 87.4 Å². The Hall–Kier alpha value is -4.44. The Morgan fingerprint density at radius 3 is 2.10 bits per heavy atom. The van der Waals surface area contributed by atoms with E-state index in [1.165, 1.54) is 28.6 Å². The molecule has 0 aliphatic carbocycles. The number of carbonyl (C=O) groups is 2. The van der Waals surface area contributed by atoms with Gasteiger partial charge in [-0.25, -0.2) is 13.2 Å². The predicted molar refractivity (Wildman–Crippen MR) is 218 cm³/mol. The quantitative estimate of drug-likeness (QED) is 0.0683. The Labute approximate surface area is 345 Å². The van der Waals surface area contributed by atoms with Gasteiger partial charge in [-0.1, -0.05) is 98.8 Å². The maximum absolute atomic E-state index is 13.9. The number of hydrogen-bond acceptors (Lipinski definition) is 12. The SMILES string of the molecule is CC(C)CN(C[C@@H](O)[C@H](Cc1ccc(OCP(=O)(OCc2ccccc2)OCc2ccccc2)cc1)NC(=O)OC1CO[C@H]2OCC[C@@H]12)S(=O)(=O)c1ccc(C=O)cc1. The Bertz CT molecular complexity index is 2060. The first-order valence-electron chi connectivity index (χ1n) is 19.5. The van der Waals surface area contributed by atoms with Crippen molar-refractivity contribution in [2.45, 2.75) is 69.3 Å². The van der Waals surface area contributed by atoms with E-state index in [1.807, 2.05) is 74.5 Å². The number of nitrogens with one attached hydrogen (secondary N) is 1. The van der Waals surface area contributed by atoms with Gasteiger partial charge in [-0.05, 0) is 59.7 Å². The second-order valence-electron chi connectivity index (χ2n) is 14.9. The summed E-state index contributed by atoms with van der Waals surface area (Å²) in [4.78, 5) is 24.6. The van der Waals surface area contributed by atoms with Crippen molar-refractivity contribution >= 4 is 30.0 Å². The van der Waals surface area contributed by atoms with Crippen molar-refractivity contribution in [1.29, 1.82) is 0 Å². The minimum atomic E-state index is -4.12. The highest BCUT2D eigenvalue weighted by molar-refractivity contribution is 7.89. The van der Waals surface area contributed by atoms with E-state index in [0.29, 0.717) is 36.2 Å². The Balaban J connectivity index is 1.16. The van der Waals surface area contributed by atoms with Gasteiger partial charge in [-0.3, -0.25) is 9.36 Å². The summed E-state index contributed by atoms with van der Waals surface area (Å²) in [5.74, 6) is 0.146.